The third-order valence-corrected chi connectivity index (χ3v) is 5.17. The van der Waals surface area contributed by atoms with E-state index >= 15 is 0 Å². The van der Waals surface area contributed by atoms with Gasteiger partial charge in [-0.05, 0) is 30.0 Å². The summed E-state index contributed by atoms with van der Waals surface area (Å²) in [6, 6.07) is 13.7. The molecule has 6 nitrogen and oxygen atoms in total. The lowest BCUT2D eigenvalue weighted by atomic mass is 9.73. The molecule has 4 rings (SSSR count). The molecule has 0 amide bonds. The van der Waals surface area contributed by atoms with Crippen LogP contribution in [0, 0.1) is 15.5 Å². The Labute approximate surface area is 157 Å². The summed E-state index contributed by atoms with van der Waals surface area (Å²) in [5, 5.41) is 18.4. The lowest BCUT2D eigenvalue weighted by molar-refractivity contribution is -0.385. The minimum Gasteiger partial charge on any atom is -0.372 e. The molecule has 1 heterocycles. The van der Waals surface area contributed by atoms with E-state index in [1.54, 1.807) is 18.2 Å². The number of fused-ring (bicyclic) bond motifs is 1. The number of hydrogen-bond donors (Lipinski definition) is 2. The Kier molecular flexibility index (Phi) is 3.98. The number of carbonyl (C=O) groups is 1. The first-order chi connectivity index (χ1) is 12.9. The van der Waals surface area contributed by atoms with Crippen LogP contribution in [-0.4, -0.2) is 10.7 Å². The number of nitrogens with zero attached hydrogens (tertiary/aromatic N) is 1. The second-order valence-electron chi connectivity index (χ2n) is 7.90. The molecule has 2 N–H and O–H groups in total. The fraction of sp³-hybridized carbons (Fsp3) is 0.286. The Balaban J connectivity index is 1.94. The number of nitro groups is 1. The lowest BCUT2D eigenvalue weighted by Crippen LogP contribution is -2.31. The van der Waals surface area contributed by atoms with Crippen molar-refractivity contribution in [3.8, 4) is 0 Å². The number of ketones is 1. The molecule has 1 aliphatic carbocycles. The zero-order valence-electron chi connectivity index (χ0n) is 15.3. The first kappa shape index (κ1) is 17.3. The second kappa shape index (κ2) is 6.23. The van der Waals surface area contributed by atoms with Crippen LogP contribution in [0.5, 0.6) is 0 Å². The van der Waals surface area contributed by atoms with Crippen molar-refractivity contribution >= 4 is 22.8 Å². The van der Waals surface area contributed by atoms with Gasteiger partial charge in [-0.3, -0.25) is 14.9 Å². The number of nitro benzene ring substituents is 1. The average Bonchev–Trinajstić information content (AvgIpc) is 2.76. The Hall–Kier alpha value is -3.15. The van der Waals surface area contributed by atoms with Gasteiger partial charge < -0.3 is 10.6 Å². The molecule has 138 valence electrons. The second-order valence-corrected chi connectivity index (χ2v) is 7.90. The van der Waals surface area contributed by atoms with Crippen LogP contribution >= 0.6 is 0 Å². The molecule has 0 saturated heterocycles. The van der Waals surface area contributed by atoms with Crippen molar-refractivity contribution < 1.29 is 9.72 Å². The molecular weight excluding hydrogens is 342 g/mol. The minimum atomic E-state index is -0.568. The van der Waals surface area contributed by atoms with Crippen molar-refractivity contribution in [3.05, 3.63) is 75.5 Å². The summed E-state index contributed by atoms with van der Waals surface area (Å²) in [7, 11) is 0. The van der Waals surface area contributed by atoms with Crippen LogP contribution in [0.1, 0.15) is 38.3 Å². The standard InChI is InChI=1S/C21H21N3O3/c1-21(2)11-16-19(18(25)12-21)20(13-7-3-6-10-17(13)24(26)27)23-15-9-5-4-8-14(15)22-16/h3-10,20,22-23H,11-12H2,1-2H3/t20-/m0/s1. The Bertz CT molecular complexity index is 978. The maximum atomic E-state index is 13.1. The largest absolute Gasteiger partial charge is 0.372 e. The summed E-state index contributed by atoms with van der Waals surface area (Å²) in [5.74, 6) is 0.0252. The van der Waals surface area contributed by atoms with Gasteiger partial charge in [0.15, 0.2) is 5.78 Å². The smallest absolute Gasteiger partial charge is 0.275 e. The topological polar surface area (TPSA) is 84.3 Å². The van der Waals surface area contributed by atoms with E-state index in [1.165, 1.54) is 6.07 Å². The molecule has 0 bridgehead atoms. The fourth-order valence-electron chi connectivity index (χ4n) is 4.02. The molecule has 2 aromatic rings. The Morgan fingerprint density at radius 3 is 2.44 bits per heavy atom. The molecule has 0 fully saturated rings. The maximum Gasteiger partial charge on any atom is 0.275 e. The number of para-hydroxylation sites is 3. The van der Waals surface area contributed by atoms with Gasteiger partial charge in [0.25, 0.3) is 5.69 Å². The average molecular weight is 363 g/mol. The first-order valence-corrected chi connectivity index (χ1v) is 8.98. The van der Waals surface area contributed by atoms with Gasteiger partial charge in [0.1, 0.15) is 0 Å². The van der Waals surface area contributed by atoms with Gasteiger partial charge in [-0.15, -0.1) is 0 Å². The molecule has 0 aromatic heterocycles. The van der Waals surface area contributed by atoms with E-state index in [4.69, 9.17) is 0 Å². The maximum absolute atomic E-state index is 13.1. The van der Waals surface area contributed by atoms with E-state index in [0.717, 1.165) is 17.1 Å². The number of rotatable bonds is 2. The number of hydrogen-bond acceptors (Lipinski definition) is 5. The zero-order chi connectivity index (χ0) is 19.2. The molecule has 1 atom stereocenters. The molecule has 0 unspecified atom stereocenters. The normalized spacial score (nSPS) is 20.7. The molecular formula is C21H21N3O3. The van der Waals surface area contributed by atoms with Crippen LogP contribution < -0.4 is 10.6 Å². The number of benzene rings is 2. The van der Waals surface area contributed by atoms with Crippen molar-refractivity contribution in [1.82, 2.24) is 0 Å². The number of allylic oxidation sites excluding steroid dienone is 1. The summed E-state index contributed by atoms with van der Waals surface area (Å²) in [6.45, 7) is 4.14. The van der Waals surface area contributed by atoms with E-state index in [2.05, 4.69) is 24.5 Å². The highest BCUT2D eigenvalue weighted by molar-refractivity contribution is 6.01. The van der Waals surface area contributed by atoms with Gasteiger partial charge in [-0.25, -0.2) is 0 Å². The molecule has 0 saturated carbocycles. The van der Waals surface area contributed by atoms with Crippen molar-refractivity contribution in [2.75, 3.05) is 10.6 Å². The van der Waals surface area contributed by atoms with Crippen molar-refractivity contribution in [1.29, 1.82) is 0 Å². The van der Waals surface area contributed by atoms with E-state index in [1.807, 2.05) is 24.3 Å². The highest BCUT2D eigenvalue weighted by atomic mass is 16.6. The number of carbonyl (C=O) groups excluding carboxylic acids is 1. The van der Waals surface area contributed by atoms with E-state index in [-0.39, 0.29) is 16.9 Å². The fourth-order valence-corrected chi connectivity index (χ4v) is 4.02. The number of anilines is 2. The minimum absolute atomic E-state index is 0.0128. The van der Waals surface area contributed by atoms with E-state index < -0.39 is 11.0 Å². The molecule has 1 aliphatic heterocycles. The lowest BCUT2D eigenvalue weighted by Gasteiger charge is -2.34. The molecule has 2 aromatic carbocycles. The van der Waals surface area contributed by atoms with Crippen LogP contribution in [0.15, 0.2) is 59.8 Å². The summed E-state index contributed by atoms with van der Waals surface area (Å²) < 4.78 is 0. The van der Waals surface area contributed by atoms with Crippen LogP contribution in [0.25, 0.3) is 0 Å². The van der Waals surface area contributed by atoms with Crippen LogP contribution in [0.3, 0.4) is 0 Å². The molecule has 0 radical (unpaired) electrons. The van der Waals surface area contributed by atoms with E-state index in [9.17, 15) is 14.9 Å². The van der Waals surface area contributed by atoms with Gasteiger partial charge >= 0.3 is 0 Å². The SMILES string of the molecule is CC1(C)CC(=O)C2=C(C1)Nc1ccccc1N[C@H]2c1ccccc1[N+](=O)[O-]. The van der Waals surface area contributed by atoms with Gasteiger partial charge in [0.2, 0.25) is 0 Å². The highest BCUT2D eigenvalue weighted by Crippen LogP contribution is 2.46. The third kappa shape index (κ3) is 3.07. The number of Topliss-reactive ketones (excluding diaryl/α,β-unsaturated/α-hetero) is 1. The van der Waals surface area contributed by atoms with Crippen molar-refractivity contribution in [3.63, 3.8) is 0 Å². The Morgan fingerprint density at radius 2 is 1.70 bits per heavy atom. The molecule has 2 aliphatic rings. The number of nitrogens with one attached hydrogen (secondary N) is 2. The predicted octanol–water partition coefficient (Wildman–Crippen LogP) is 4.82. The summed E-state index contributed by atoms with van der Waals surface area (Å²) >= 11 is 0. The molecule has 0 spiro atoms. The van der Waals surface area contributed by atoms with Crippen LogP contribution in [-0.2, 0) is 4.79 Å². The van der Waals surface area contributed by atoms with Crippen molar-refractivity contribution in [2.24, 2.45) is 5.41 Å². The predicted molar refractivity (Wildman–Crippen MR) is 105 cm³/mol. The van der Waals surface area contributed by atoms with Gasteiger partial charge in [-0.1, -0.05) is 38.1 Å². The van der Waals surface area contributed by atoms with Gasteiger partial charge in [0.05, 0.1) is 27.9 Å². The van der Waals surface area contributed by atoms with E-state index in [0.29, 0.717) is 24.0 Å². The van der Waals surface area contributed by atoms with Crippen molar-refractivity contribution in [2.45, 2.75) is 32.7 Å². The molecule has 6 heteroatoms. The zero-order valence-corrected chi connectivity index (χ0v) is 15.3. The summed E-state index contributed by atoms with van der Waals surface area (Å²) in [4.78, 5) is 24.3. The van der Waals surface area contributed by atoms with Crippen LogP contribution in [0.4, 0.5) is 17.1 Å². The molecule has 27 heavy (non-hydrogen) atoms. The van der Waals surface area contributed by atoms with Crippen LogP contribution in [0.2, 0.25) is 0 Å². The monoisotopic (exact) mass is 363 g/mol. The van der Waals surface area contributed by atoms with Gasteiger partial charge in [-0.2, -0.15) is 0 Å². The summed E-state index contributed by atoms with van der Waals surface area (Å²) in [5.41, 5.74) is 3.49. The highest BCUT2D eigenvalue weighted by Gasteiger charge is 2.40. The Morgan fingerprint density at radius 1 is 1.04 bits per heavy atom. The van der Waals surface area contributed by atoms with Gasteiger partial charge in [0, 0.05) is 23.8 Å². The summed E-state index contributed by atoms with van der Waals surface area (Å²) in [6.07, 6.45) is 1.13. The first-order valence-electron chi connectivity index (χ1n) is 8.98. The third-order valence-electron chi connectivity index (χ3n) is 5.17. The quantitative estimate of drug-likeness (QED) is 0.590.